The predicted molar refractivity (Wildman–Crippen MR) is 115 cm³/mol. The second kappa shape index (κ2) is 8.45. The minimum atomic E-state index is -0.468. The summed E-state index contributed by atoms with van der Waals surface area (Å²) in [5, 5.41) is 11.8. The molecule has 2 aromatic carbocycles. The van der Waals surface area contributed by atoms with Gasteiger partial charge in [0, 0.05) is 54.6 Å². The Labute approximate surface area is 174 Å². The topological polar surface area (TPSA) is 79.0 Å². The highest BCUT2D eigenvalue weighted by atomic mass is 35.5. The molecule has 0 radical (unpaired) electrons. The van der Waals surface area contributed by atoms with Crippen LogP contribution >= 0.6 is 11.6 Å². The Bertz CT molecular complexity index is 1030. The van der Waals surface area contributed by atoms with Crippen molar-refractivity contribution in [2.75, 3.05) is 25.0 Å². The number of fused-ring (bicyclic) bond motifs is 1. The first-order valence-corrected chi connectivity index (χ1v) is 9.61. The Morgan fingerprint density at radius 3 is 2.48 bits per heavy atom. The first kappa shape index (κ1) is 20.5. The van der Waals surface area contributed by atoms with E-state index < -0.39 is 4.92 Å². The highest BCUT2D eigenvalue weighted by Gasteiger charge is 2.29. The highest BCUT2D eigenvalue weighted by Crippen LogP contribution is 2.33. The number of hydrogen-bond acceptors (Lipinski definition) is 5. The van der Waals surface area contributed by atoms with Crippen molar-refractivity contribution in [3.8, 4) is 0 Å². The number of hydrogen-bond donors (Lipinski definition) is 0. The molecule has 0 saturated heterocycles. The summed E-state index contributed by atoms with van der Waals surface area (Å²) < 4.78 is 0. The van der Waals surface area contributed by atoms with Crippen molar-refractivity contribution in [1.29, 1.82) is 0 Å². The maximum absolute atomic E-state index is 13.1. The van der Waals surface area contributed by atoms with Gasteiger partial charge in [0.2, 0.25) is 0 Å². The average Bonchev–Trinajstić information content (AvgIpc) is 2.82. The highest BCUT2D eigenvalue weighted by molar-refractivity contribution is 6.36. The van der Waals surface area contributed by atoms with E-state index in [0.29, 0.717) is 40.6 Å². The van der Waals surface area contributed by atoms with E-state index >= 15 is 0 Å². The third kappa shape index (κ3) is 4.00. The second-order valence-electron chi connectivity index (χ2n) is 6.50. The fourth-order valence-corrected chi connectivity index (χ4v) is 3.38. The van der Waals surface area contributed by atoms with Crippen LogP contribution in [0.2, 0.25) is 5.02 Å². The Morgan fingerprint density at radius 2 is 1.86 bits per heavy atom. The molecule has 1 aliphatic heterocycles. The van der Waals surface area contributed by atoms with E-state index in [4.69, 9.17) is 11.6 Å². The van der Waals surface area contributed by atoms with Gasteiger partial charge < -0.3 is 9.80 Å². The van der Waals surface area contributed by atoms with E-state index in [9.17, 15) is 14.9 Å². The van der Waals surface area contributed by atoms with Gasteiger partial charge in [-0.2, -0.15) is 0 Å². The number of anilines is 1. The average molecular weight is 413 g/mol. The number of aliphatic imine (C=N–C) groups is 1. The SMILES string of the molecule is CCN(C=C1N=C(c2ccccc2Cl)c2cc([N+](=O)[O-])ccc2N(C)C1=O)CC. The van der Waals surface area contributed by atoms with Crippen molar-refractivity contribution in [2.24, 2.45) is 4.99 Å². The van der Waals surface area contributed by atoms with E-state index in [2.05, 4.69) is 4.99 Å². The lowest BCUT2D eigenvalue weighted by molar-refractivity contribution is -0.384. The molecule has 0 saturated carbocycles. The number of likely N-dealkylation sites (N-methyl/N-ethyl adjacent to an activating group) is 1. The van der Waals surface area contributed by atoms with Crippen LogP contribution in [0.1, 0.15) is 25.0 Å². The van der Waals surface area contributed by atoms with Crippen LogP contribution in [0, 0.1) is 10.1 Å². The quantitative estimate of drug-likeness (QED) is 0.418. The van der Waals surface area contributed by atoms with E-state index in [0.717, 1.165) is 0 Å². The molecule has 2 aromatic rings. The predicted octanol–water partition coefficient (Wildman–Crippen LogP) is 4.25. The lowest BCUT2D eigenvalue weighted by atomic mass is 9.99. The fraction of sp³-hybridized carbons (Fsp3) is 0.238. The third-order valence-electron chi connectivity index (χ3n) is 4.81. The molecule has 1 aliphatic rings. The molecule has 7 nitrogen and oxygen atoms in total. The zero-order valence-corrected chi connectivity index (χ0v) is 17.2. The van der Waals surface area contributed by atoms with Crippen LogP contribution in [0.4, 0.5) is 11.4 Å². The van der Waals surface area contributed by atoms with Crippen LogP contribution in [-0.2, 0) is 4.79 Å². The number of carbonyl (C=O) groups excluding carboxylic acids is 1. The molecule has 29 heavy (non-hydrogen) atoms. The standard InChI is InChI=1S/C21H21ClN4O3/c1-4-25(5-2)13-18-21(27)24(3)19-11-10-14(26(28)29)12-16(19)20(23-18)15-8-6-7-9-17(15)22/h6-13H,4-5H2,1-3H3. The number of amides is 1. The number of halogens is 1. The van der Waals surface area contributed by atoms with Gasteiger partial charge in [-0.05, 0) is 26.0 Å². The Morgan fingerprint density at radius 1 is 1.17 bits per heavy atom. The maximum Gasteiger partial charge on any atom is 0.278 e. The number of nitro benzene ring substituents is 1. The first-order valence-electron chi connectivity index (χ1n) is 9.23. The van der Waals surface area contributed by atoms with E-state index in [1.807, 2.05) is 24.8 Å². The van der Waals surface area contributed by atoms with Gasteiger partial charge in [-0.25, -0.2) is 4.99 Å². The van der Waals surface area contributed by atoms with Gasteiger partial charge in [0.05, 0.1) is 16.3 Å². The van der Waals surface area contributed by atoms with Gasteiger partial charge in [-0.1, -0.05) is 29.8 Å². The number of benzodiazepines with no additional fused rings is 1. The molecule has 0 N–H and O–H groups in total. The molecule has 1 heterocycles. The van der Waals surface area contributed by atoms with E-state index in [1.54, 1.807) is 37.5 Å². The van der Waals surface area contributed by atoms with Crippen molar-refractivity contribution in [3.63, 3.8) is 0 Å². The number of nitro groups is 1. The molecule has 0 aliphatic carbocycles. The van der Waals surface area contributed by atoms with Crippen LogP contribution in [0.5, 0.6) is 0 Å². The molecule has 0 atom stereocenters. The summed E-state index contributed by atoms with van der Waals surface area (Å²) in [4.78, 5) is 32.1. The van der Waals surface area contributed by atoms with Crippen LogP contribution in [0.15, 0.2) is 59.4 Å². The van der Waals surface area contributed by atoms with Crippen LogP contribution in [0.25, 0.3) is 0 Å². The number of non-ortho nitro benzene ring substituents is 1. The second-order valence-corrected chi connectivity index (χ2v) is 6.91. The van der Waals surface area contributed by atoms with Crippen LogP contribution < -0.4 is 4.90 Å². The molecule has 150 valence electrons. The Kier molecular flexibility index (Phi) is 5.98. The van der Waals surface area contributed by atoms with E-state index in [-0.39, 0.29) is 17.3 Å². The minimum absolute atomic E-state index is 0.0828. The molecule has 1 amide bonds. The van der Waals surface area contributed by atoms with Crippen molar-refractivity contribution in [3.05, 3.63) is 80.6 Å². The van der Waals surface area contributed by atoms with Gasteiger partial charge in [0.15, 0.2) is 0 Å². The number of carbonyl (C=O) groups is 1. The monoisotopic (exact) mass is 412 g/mol. The zero-order chi connectivity index (χ0) is 21.1. The number of benzene rings is 2. The minimum Gasteiger partial charge on any atom is -0.376 e. The lowest BCUT2D eigenvalue weighted by Crippen LogP contribution is -2.28. The fourth-order valence-electron chi connectivity index (χ4n) is 3.15. The molecular weight excluding hydrogens is 392 g/mol. The normalized spacial score (nSPS) is 15.0. The van der Waals surface area contributed by atoms with Gasteiger partial charge in [-0.15, -0.1) is 0 Å². The van der Waals surface area contributed by atoms with Crippen molar-refractivity contribution in [1.82, 2.24) is 4.90 Å². The van der Waals surface area contributed by atoms with Gasteiger partial charge >= 0.3 is 0 Å². The maximum atomic E-state index is 13.1. The smallest absolute Gasteiger partial charge is 0.278 e. The van der Waals surface area contributed by atoms with Gasteiger partial charge in [0.25, 0.3) is 11.6 Å². The largest absolute Gasteiger partial charge is 0.376 e. The number of rotatable bonds is 5. The lowest BCUT2D eigenvalue weighted by Gasteiger charge is -2.19. The first-order chi connectivity index (χ1) is 13.9. The summed E-state index contributed by atoms with van der Waals surface area (Å²) in [6.45, 7) is 5.41. The molecule has 0 bridgehead atoms. The molecule has 0 spiro atoms. The molecule has 0 fully saturated rings. The summed E-state index contributed by atoms with van der Waals surface area (Å²) >= 11 is 6.42. The summed E-state index contributed by atoms with van der Waals surface area (Å²) in [7, 11) is 1.63. The van der Waals surface area contributed by atoms with Gasteiger partial charge in [-0.3, -0.25) is 14.9 Å². The number of nitrogens with zero attached hydrogens (tertiary/aromatic N) is 4. The van der Waals surface area contributed by atoms with Crippen molar-refractivity contribution in [2.45, 2.75) is 13.8 Å². The van der Waals surface area contributed by atoms with E-state index in [1.165, 1.54) is 17.0 Å². The zero-order valence-electron chi connectivity index (χ0n) is 16.4. The summed E-state index contributed by atoms with van der Waals surface area (Å²) in [6, 6.07) is 11.5. The third-order valence-corrected chi connectivity index (χ3v) is 5.14. The molecular formula is C21H21ClN4O3. The molecule has 0 unspecified atom stereocenters. The molecule has 8 heteroatoms. The summed E-state index contributed by atoms with van der Waals surface area (Å²) in [5.41, 5.74) is 2.19. The summed E-state index contributed by atoms with van der Waals surface area (Å²) in [5.74, 6) is -0.297. The van der Waals surface area contributed by atoms with Crippen LogP contribution in [-0.4, -0.2) is 41.6 Å². The van der Waals surface area contributed by atoms with Crippen molar-refractivity contribution >= 4 is 34.6 Å². The summed E-state index contributed by atoms with van der Waals surface area (Å²) in [6.07, 6.45) is 1.72. The molecule has 3 rings (SSSR count). The Hall–Kier alpha value is -3.19. The van der Waals surface area contributed by atoms with Gasteiger partial charge in [0.1, 0.15) is 5.70 Å². The molecule has 0 aromatic heterocycles. The van der Waals surface area contributed by atoms with Crippen molar-refractivity contribution < 1.29 is 9.72 Å². The van der Waals surface area contributed by atoms with Crippen LogP contribution in [0.3, 0.4) is 0 Å². The Balaban J connectivity index is 2.33.